The molecule has 3 aromatic rings. The quantitative estimate of drug-likeness (QED) is 0.710. The molecule has 0 fully saturated rings. The average molecular weight is 280 g/mol. The molecule has 2 aromatic carbocycles. The maximum Gasteiger partial charge on any atom is 0.193 e. The molecule has 0 bridgehead atoms. The Kier molecular flexibility index (Phi) is 3.26. The highest BCUT2D eigenvalue weighted by Gasteiger charge is 2.10. The minimum atomic E-state index is -0.0297. The molecular weight excluding hydrogens is 264 g/mol. The normalized spacial score (nSPS) is 10.8. The minimum absolute atomic E-state index is 0.0297. The lowest BCUT2D eigenvalue weighted by molar-refractivity contribution is 0.408. The van der Waals surface area contributed by atoms with Crippen molar-refractivity contribution in [2.24, 2.45) is 0 Å². The monoisotopic (exact) mass is 280 g/mol. The standard InChI is InChI=1S/C18H16O3/c1-11-8-13(9-12(2)18(11)20-3)17-10-15(19)14-6-4-5-7-16(14)21-17/h4-10H,1-3H3. The number of benzene rings is 2. The molecule has 0 radical (unpaired) electrons. The smallest absolute Gasteiger partial charge is 0.193 e. The second kappa shape index (κ2) is 5.09. The van der Waals surface area contributed by atoms with E-state index in [0.717, 1.165) is 22.4 Å². The predicted octanol–water partition coefficient (Wildman–Crippen LogP) is 4.09. The highest BCUT2D eigenvalue weighted by atomic mass is 16.5. The molecule has 3 nitrogen and oxygen atoms in total. The Balaban J connectivity index is 2.23. The molecule has 0 aliphatic heterocycles. The molecule has 0 spiro atoms. The zero-order chi connectivity index (χ0) is 15.0. The van der Waals surface area contributed by atoms with Gasteiger partial charge in [-0.3, -0.25) is 4.79 Å². The zero-order valence-corrected chi connectivity index (χ0v) is 12.3. The van der Waals surface area contributed by atoms with Crippen molar-refractivity contribution in [1.29, 1.82) is 0 Å². The first-order chi connectivity index (χ1) is 10.1. The summed E-state index contributed by atoms with van der Waals surface area (Å²) in [5.74, 6) is 1.44. The maximum absolute atomic E-state index is 12.2. The van der Waals surface area contributed by atoms with Crippen LogP contribution in [0.4, 0.5) is 0 Å². The van der Waals surface area contributed by atoms with E-state index in [1.807, 2.05) is 44.2 Å². The van der Waals surface area contributed by atoms with Crippen LogP contribution < -0.4 is 10.2 Å². The van der Waals surface area contributed by atoms with Crippen LogP contribution in [0, 0.1) is 13.8 Å². The van der Waals surface area contributed by atoms with Gasteiger partial charge in [0.25, 0.3) is 0 Å². The van der Waals surface area contributed by atoms with Crippen LogP contribution in [0.5, 0.6) is 5.75 Å². The number of para-hydroxylation sites is 1. The van der Waals surface area contributed by atoms with Crippen LogP contribution in [0.2, 0.25) is 0 Å². The molecule has 0 amide bonds. The second-order valence-corrected chi connectivity index (χ2v) is 5.11. The molecule has 0 saturated carbocycles. The number of aryl methyl sites for hydroxylation is 2. The topological polar surface area (TPSA) is 39.4 Å². The third kappa shape index (κ3) is 2.31. The van der Waals surface area contributed by atoms with Crippen LogP contribution in [0.1, 0.15) is 11.1 Å². The zero-order valence-electron chi connectivity index (χ0n) is 12.3. The van der Waals surface area contributed by atoms with E-state index >= 15 is 0 Å². The van der Waals surface area contributed by atoms with E-state index in [1.165, 1.54) is 0 Å². The van der Waals surface area contributed by atoms with E-state index in [9.17, 15) is 4.79 Å². The van der Waals surface area contributed by atoms with Crippen LogP contribution in [-0.4, -0.2) is 7.11 Å². The number of methoxy groups -OCH3 is 1. The SMILES string of the molecule is COc1c(C)cc(-c2cc(=O)c3ccccc3o2)cc1C. The molecule has 1 heterocycles. The molecule has 0 atom stereocenters. The summed E-state index contributed by atoms with van der Waals surface area (Å²) in [6.07, 6.45) is 0. The van der Waals surface area contributed by atoms with Crippen molar-refractivity contribution in [3.05, 3.63) is 63.8 Å². The van der Waals surface area contributed by atoms with Crippen LogP contribution in [0.25, 0.3) is 22.3 Å². The largest absolute Gasteiger partial charge is 0.496 e. The van der Waals surface area contributed by atoms with Gasteiger partial charge in [0.2, 0.25) is 0 Å². The fraction of sp³-hybridized carbons (Fsp3) is 0.167. The van der Waals surface area contributed by atoms with Crippen molar-refractivity contribution in [3.63, 3.8) is 0 Å². The van der Waals surface area contributed by atoms with Crippen LogP contribution in [0.3, 0.4) is 0 Å². The van der Waals surface area contributed by atoms with Gasteiger partial charge < -0.3 is 9.15 Å². The summed E-state index contributed by atoms with van der Waals surface area (Å²) in [5.41, 5.74) is 3.49. The van der Waals surface area contributed by atoms with E-state index in [0.29, 0.717) is 16.7 Å². The molecule has 1 aromatic heterocycles. The van der Waals surface area contributed by atoms with E-state index in [1.54, 1.807) is 19.2 Å². The molecule has 0 unspecified atom stereocenters. The lowest BCUT2D eigenvalue weighted by atomic mass is 10.0. The number of ether oxygens (including phenoxy) is 1. The first-order valence-electron chi connectivity index (χ1n) is 6.78. The molecule has 0 aliphatic rings. The van der Waals surface area contributed by atoms with Gasteiger partial charge in [-0.2, -0.15) is 0 Å². The maximum atomic E-state index is 12.2. The number of fused-ring (bicyclic) bond motifs is 1. The van der Waals surface area contributed by atoms with Crippen molar-refractivity contribution < 1.29 is 9.15 Å². The van der Waals surface area contributed by atoms with Crippen LogP contribution in [-0.2, 0) is 0 Å². The van der Waals surface area contributed by atoms with Gasteiger partial charge in [0, 0.05) is 11.6 Å². The fourth-order valence-corrected chi connectivity index (χ4v) is 2.66. The van der Waals surface area contributed by atoms with Gasteiger partial charge in [-0.1, -0.05) is 12.1 Å². The Morgan fingerprint density at radius 2 is 1.67 bits per heavy atom. The first-order valence-corrected chi connectivity index (χ1v) is 6.78. The highest BCUT2D eigenvalue weighted by Crippen LogP contribution is 2.30. The summed E-state index contributed by atoms with van der Waals surface area (Å²) in [5, 5.41) is 0.600. The Hall–Kier alpha value is -2.55. The first kappa shape index (κ1) is 13.4. The number of hydrogen-bond acceptors (Lipinski definition) is 3. The summed E-state index contributed by atoms with van der Waals surface area (Å²) in [7, 11) is 1.66. The van der Waals surface area contributed by atoms with Gasteiger partial charge in [0.1, 0.15) is 17.1 Å². The van der Waals surface area contributed by atoms with Crippen molar-refractivity contribution in [2.45, 2.75) is 13.8 Å². The van der Waals surface area contributed by atoms with Gasteiger partial charge in [-0.05, 0) is 49.2 Å². The van der Waals surface area contributed by atoms with Crippen LogP contribution in [0.15, 0.2) is 51.7 Å². The molecule has 21 heavy (non-hydrogen) atoms. The van der Waals surface area contributed by atoms with Gasteiger partial charge in [0.05, 0.1) is 12.5 Å². The van der Waals surface area contributed by atoms with Gasteiger partial charge in [-0.15, -0.1) is 0 Å². The highest BCUT2D eigenvalue weighted by molar-refractivity contribution is 5.78. The lowest BCUT2D eigenvalue weighted by Gasteiger charge is -2.11. The fourth-order valence-electron chi connectivity index (χ4n) is 2.66. The van der Waals surface area contributed by atoms with E-state index in [2.05, 4.69) is 0 Å². The van der Waals surface area contributed by atoms with E-state index in [4.69, 9.17) is 9.15 Å². The third-order valence-electron chi connectivity index (χ3n) is 3.58. The number of rotatable bonds is 2. The lowest BCUT2D eigenvalue weighted by Crippen LogP contribution is -2.00. The van der Waals surface area contributed by atoms with Crippen molar-refractivity contribution in [1.82, 2.24) is 0 Å². The Bertz CT molecular complexity index is 852. The van der Waals surface area contributed by atoms with Crippen LogP contribution >= 0.6 is 0 Å². The summed E-state index contributed by atoms with van der Waals surface area (Å²) >= 11 is 0. The summed E-state index contributed by atoms with van der Waals surface area (Å²) < 4.78 is 11.2. The Morgan fingerprint density at radius 3 is 2.33 bits per heavy atom. The number of hydrogen-bond donors (Lipinski definition) is 0. The van der Waals surface area contributed by atoms with Gasteiger partial charge >= 0.3 is 0 Å². The predicted molar refractivity (Wildman–Crippen MR) is 83.9 cm³/mol. The molecule has 0 N–H and O–H groups in total. The van der Waals surface area contributed by atoms with E-state index in [-0.39, 0.29) is 5.43 Å². The van der Waals surface area contributed by atoms with E-state index < -0.39 is 0 Å². The molecule has 0 aliphatic carbocycles. The molecule has 3 rings (SSSR count). The molecule has 106 valence electrons. The average Bonchev–Trinajstić information content (AvgIpc) is 2.47. The Morgan fingerprint density at radius 1 is 1.00 bits per heavy atom. The summed E-state index contributed by atoms with van der Waals surface area (Å²) in [6, 6.07) is 12.8. The van der Waals surface area contributed by atoms with Gasteiger partial charge in [-0.25, -0.2) is 0 Å². The van der Waals surface area contributed by atoms with Crippen molar-refractivity contribution in [2.75, 3.05) is 7.11 Å². The molecular formula is C18H16O3. The summed E-state index contributed by atoms with van der Waals surface area (Å²) in [4.78, 5) is 12.2. The second-order valence-electron chi connectivity index (χ2n) is 5.11. The van der Waals surface area contributed by atoms with Crippen molar-refractivity contribution >= 4 is 11.0 Å². The minimum Gasteiger partial charge on any atom is -0.496 e. The third-order valence-corrected chi connectivity index (χ3v) is 3.58. The Labute approximate surface area is 122 Å². The van der Waals surface area contributed by atoms with Crippen molar-refractivity contribution in [3.8, 4) is 17.1 Å². The molecule has 3 heteroatoms. The summed E-state index contributed by atoms with van der Waals surface area (Å²) in [6.45, 7) is 3.96. The van der Waals surface area contributed by atoms with Gasteiger partial charge in [0.15, 0.2) is 5.43 Å². The molecule has 0 saturated heterocycles.